The summed E-state index contributed by atoms with van der Waals surface area (Å²) in [5, 5.41) is 6.26. The molecule has 2 unspecified atom stereocenters. The third-order valence-corrected chi connectivity index (χ3v) is 4.05. The van der Waals surface area contributed by atoms with Crippen LogP contribution in [0, 0.1) is 5.92 Å². The Balaban J connectivity index is 1.88. The van der Waals surface area contributed by atoms with Gasteiger partial charge in [-0.1, -0.05) is 6.42 Å². The molecule has 0 radical (unpaired) electrons. The first-order valence-electron chi connectivity index (χ1n) is 6.97. The van der Waals surface area contributed by atoms with Gasteiger partial charge >= 0.3 is 0 Å². The number of likely N-dealkylation sites (tertiary alicyclic amines) is 1. The summed E-state index contributed by atoms with van der Waals surface area (Å²) in [7, 11) is 1.75. The van der Waals surface area contributed by atoms with E-state index >= 15 is 0 Å². The van der Waals surface area contributed by atoms with Gasteiger partial charge < -0.3 is 10.6 Å². The fraction of sp³-hybridized carbons (Fsp3) is 0.923. The van der Waals surface area contributed by atoms with Crippen molar-refractivity contribution in [3.8, 4) is 0 Å². The summed E-state index contributed by atoms with van der Waals surface area (Å²) >= 11 is 0. The first-order chi connectivity index (χ1) is 8.31. The molecule has 2 aliphatic rings. The number of nitrogens with one attached hydrogen (secondary N) is 2. The average molecular weight is 239 g/mol. The molecule has 1 amide bonds. The van der Waals surface area contributed by atoms with Crippen molar-refractivity contribution in [2.24, 2.45) is 5.92 Å². The third kappa shape index (κ3) is 3.42. The smallest absolute Gasteiger partial charge is 0.237 e. The van der Waals surface area contributed by atoms with Crippen LogP contribution >= 0.6 is 0 Å². The van der Waals surface area contributed by atoms with Crippen molar-refractivity contribution in [1.29, 1.82) is 0 Å². The molecule has 17 heavy (non-hydrogen) atoms. The topological polar surface area (TPSA) is 44.4 Å². The number of piperidine rings is 2. The van der Waals surface area contributed by atoms with Gasteiger partial charge in [-0.2, -0.15) is 0 Å². The van der Waals surface area contributed by atoms with Crippen molar-refractivity contribution in [1.82, 2.24) is 15.5 Å². The highest BCUT2D eigenvalue weighted by Crippen LogP contribution is 2.20. The van der Waals surface area contributed by atoms with E-state index < -0.39 is 0 Å². The van der Waals surface area contributed by atoms with E-state index in [1.54, 1.807) is 7.05 Å². The van der Waals surface area contributed by atoms with E-state index in [4.69, 9.17) is 0 Å². The maximum Gasteiger partial charge on any atom is 0.237 e. The molecule has 2 fully saturated rings. The van der Waals surface area contributed by atoms with Crippen LogP contribution in [0.15, 0.2) is 0 Å². The Morgan fingerprint density at radius 2 is 2.24 bits per heavy atom. The van der Waals surface area contributed by atoms with Crippen molar-refractivity contribution in [3.63, 3.8) is 0 Å². The van der Waals surface area contributed by atoms with Gasteiger partial charge in [-0.3, -0.25) is 9.69 Å². The van der Waals surface area contributed by atoms with Crippen molar-refractivity contribution in [2.75, 3.05) is 33.2 Å². The van der Waals surface area contributed by atoms with E-state index in [0.717, 1.165) is 38.5 Å². The highest BCUT2D eigenvalue weighted by Gasteiger charge is 2.29. The van der Waals surface area contributed by atoms with Crippen LogP contribution in [0.3, 0.4) is 0 Å². The number of nitrogens with zero attached hydrogens (tertiary/aromatic N) is 1. The molecule has 0 aromatic rings. The molecule has 2 heterocycles. The molecule has 0 aromatic heterocycles. The van der Waals surface area contributed by atoms with Gasteiger partial charge in [0.1, 0.15) is 0 Å². The van der Waals surface area contributed by atoms with Crippen molar-refractivity contribution < 1.29 is 4.79 Å². The summed E-state index contributed by atoms with van der Waals surface area (Å²) in [6, 6.07) is 0.121. The fourth-order valence-corrected chi connectivity index (χ4v) is 3.08. The standard InChI is InChI=1S/C13H25N3O/c1-14-13(17)12-6-2-3-8-16(12)10-11-5-4-7-15-9-11/h11-12,15H,2-10H2,1H3,(H,14,17). The Morgan fingerprint density at radius 1 is 1.35 bits per heavy atom. The molecule has 4 heteroatoms. The zero-order valence-corrected chi connectivity index (χ0v) is 10.9. The summed E-state index contributed by atoms with van der Waals surface area (Å²) in [5.41, 5.74) is 0. The number of hydrogen-bond donors (Lipinski definition) is 2. The summed E-state index contributed by atoms with van der Waals surface area (Å²) in [4.78, 5) is 14.3. The molecule has 2 atom stereocenters. The number of hydrogen-bond acceptors (Lipinski definition) is 3. The number of amides is 1. The zero-order chi connectivity index (χ0) is 12.1. The molecule has 0 saturated carbocycles. The Kier molecular flexibility index (Phi) is 4.80. The minimum atomic E-state index is 0.121. The molecule has 2 aliphatic heterocycles. The summed E-state index contributed by atoms with van der Waals surface area (Å²) in [6.07, 6.45) is 6.05. The maximum absolute atomic E-state index is 11.9. The number of carbonyl (C=O) groups is 1. The number of likely N-dealkylation sites (N-methyl/N-ethyl adjacent to an activating group) is 1. The molecule has 2 N–H and O–H groups in total. The predicted octanol–water partition coefficient (Wildman–Crippen LogP) is 0.587. The van der Waals surface area contributed by atoms with Crippen LogP contribution in [0.2, 0.25) is 0 Å². The van der Waals surface area contributed by atoms with E-state index in [9.17, 15) is 4.79 Å². The molecule has 2 rings (SSSR count). The first-order valence-corrected chi connectivity index (χ1v) is 6.97. The Labute approximate surface area is 104 Å². The highest BCUT2D eigenvalue weighted by atomic mass is 16.2. The van der Waals surface area contributed by atoms with Gasteiger partial charge in [0.25, 0.3) is 0 Å². The van der Waals surface area contributed by atoms with Crippen LogP contribution in [-0.2, 0) is 4.79 Å². The lowest BCUT2D eigenvalue weighted by Gasteiger charge is -2.37. The van der Waals surface area contributed by atoms with Crippen LogP contribution < -0.4 is 10.6 Å². The second-order valence-corrected chi connectivity index (χ2v) is 5.33. The van der Waals surface area contributed by atoms with Crippen molar-refractivity contribution >= 4 is 5.91 Å². The zero-order valence-electron chi connectivity index (χ0n) is 10.9. The second-order valence-electron chi connectivity index (χ2n) is 5.33. The Morgan fingerprint density at radius 3 is 2.94 bits per heavy atom. The lowest BCUT2D eigenvalue weighted by molar-refractivity contribution is -0.127. The van der Waals surface area contributed by atoms with Crippen LogP contribution in [0.25, 0.3) is 0 Å². The van der Waals surface area contributed by atoms with Gasteiger partial charge in [0.2, 0.25) is 5.91 Å². The molecular formula is C13H25N3O. The lowest BCUT2D eigenvalue weighted by Crippen LogP contribution is -2.51. The molecule has 4 nitrogen and oxygen atoms in total. The van der Waals surface area contributed by atoms with Crippen molar-refractivity contribution in [2.45, 2.75) is 38.1 Å². The van der Waals surface area contributed by atoms with Gasteiger partial charge in [-0.25, -0.2) is 0 Å². The van der Waals surface area contributed by atoms with Gasteiger partial charge in [0, 0.05) is 13.6 Å². The third-order valence-electron chi connectivity index (χ3n) is 4.05. The van der Waals surface area contributed by atoms with Crippen molar-refractivity contribution in [3.05, 3.63) is 0 Å². The highest BCUT2D eigenvalue weighted by molar-refractivity contribution is 5.81. The van der Waals surface area contributed by atoms with E-state index in [1.165, 1.54) is 25.7 Å². The monoisotopic (exact) mass is 239 g/mol. The molecule has 0 bridgehead atoms. The van der Waals surface area contributed by atoms with Gasteiger partial charge in [0.15, 0.2) is 0 Å². The van der Waals surface area contributed by atoms with Gasteiger partial charge in [-0.15, -0.1) is 0 Å². The van der Waals surface area contributed by atoms with E-state index in [-0.39, 0.29) is 11.9 Å². The van der Waals surface area contributed by atoms with E-state index in [2.05, 4.69) is 15.5 Å². The number of rotatable bonds is 3. The van der Waals surface area contributed by atoms with Gasteiger partial charge in [0.05, 0.1) is 6.04 Å². The largest absolute Gasteiger partial charge is 0.358 e. The Bertz CT molecular complexity index is 251. The van der Waals surface area contributed by atoms with Crippen LogP contribution in [0.5, 0.6) is 0 Å². The fourth-order valence-electron chi connectivity index (χ4n) is 3.08. The van der Waals surface area contributed by atoms with Crippen LogP contribution in [-0.4, -0.2) is 50.1 Å². The summed E-state index contributed by atoms with van der Waals surface area (Å²) in [5.74, 6) is 0.933. The normalized spacial score (nSPS) is 31.1. The van der Waals surface area contributed by atoms with Crippen LogP contribution in [0.4, 0.5) is 0 Å². The first kappa shape index (κ1) is 12.8. The molecule has 0 aromatic carbocycles. The van der Waals surface area contributed by atoms with E-state index in [0.29, 0.717) is 0 Å². The number of carbonyl (C=O) groups excluding carboxylic acids is 1. The molecular weight excluding hydrogens is 214 g/mol. The predicted molar refractivity (Wildman–Crippen MR) is 68.9 cm³/mol. The molecule has 2 saturated heterocycles. The minimum Gasteiger partial charge on any atom is -0.358 e. The summed E-state index contributed by atoms with van der Waals surface area (Å²) in [6.45, 7) is 4.46. The molecule has 98 valence electrons. The maximum atomic E-state index is 11.9. The van der Waals surface area contributed by atoms with Crippen LogP contribution in [0.1, 0.15) is 32.1 Å². The average Bonchev–Trinajstić information content (AvgIpc) is 2.40. The second kappa shape index (κ2) is 6.36. The molecule has 0 spiro atoms. The summed E-state index contributed by atoms with van der Waals surface area (Å²) < 4.78 is 0. The quantitative estimate of drug-likeness (QED) is 0.757. The molecule has 0 aliphatic carbocycles. The Hall–Kier alpha value is -0.610. The minimum absolute atomic E-state index is 0.121. The SMILES string of the molecule is CNC(=O)C1CCCCN1CC1CCCNC1. The van der Waals surface area contributed by atoms with E-state index in [1.807, 2.05) is 0 Å². The van der Waals surface area contributed by atoms with Gasteiger partial charge in [-0.05, 0) is 51.2 Å². The lowest BCUT2D eigenvalue weighted by atomic mass is 9.95.